The fraction of sp³-hybridized carbons (Fsp3) is 0.722. The first-order valence-electron chi connectivity index (χ1n) is 9.71. The first-order valence-corrected chi connectivity index (χ1v) is 10.1. The molecule has 1 aliphatic carbocycles. The number of unbranched alkanes of at least 4 members (excludes halogenated alkanes) is 1. The monoisotopic (exact) mass is 396 g/mol. The number of hydrogen-bond donors (Lipinski definition) is 3. The number of rotatable bonds is 8. The van der Waals surface area contributed by atoms with Gasteiger partial charge in [-0.3, -0.25) is 14.3 Å². The molecule has 0 saturated heterocycles. The van der Waals surface area contributed by atoms with E-state index < -0.39 is 11.2 Å². The van der Waals surface area contributed by atoms with Crippen molar-refractivity contribution < 1.29 is 0 Å². The normalized spacial score (nSPS) is 14.7. The summed E-state index contributed by atoms with van der Waals surface area (Å²) in [6.07, 6.45) is 5.82. The second-order valence-corrected chi connectivity index (χ2v) is 7.73. The van der Waals surface area contributed by atoms with Crippen LogP contribution in [0.5, 0.6) is 0 Å². The van der Waals surface area contributed by atoms with Crippen LogP contribution in [-0.4, -0.2) is 52.8 Å². The van der Waals surface area contributed by atoms with Gasteiger partial charge in [-0.25, -0.2) is 4.79 Å². The zero-order chi connectivity index (χ0) is 20.0. The maximum absolute atomic E-state index is 12.7. The number of nitrogen functional groups attached to an aromatic ring is 1. The van der Waals surface area contributed by atoms with E-state index >= 15 is 0 Å². The molecular weight excluding hydrogens is 364 g/mol. The highest BCUT2D eigenvalue weighted by Crippen LogP contribution is 2.29. The number of anilines is 2. The van der Waals surface area contributed by atoms with Crippen molar-refractivity contribution in [3.8, 4) is 0 Å². The standard InChI is InChI=1S/C18H32N6O2S/c1-4-5-11-23-15(19)14(16(25)21-17(23)26)24(13-8-6-7-9-13)18(27)20-10-12-22(2)3/h13H,4-12,19H2,1-3H3,(H,20,27)(H,21,25,26). The minimum Gasteiger partial charge on any atom is -0.383 e. The molecule has 8 nitrogen and oxygen atoms in total. The molecule has 1 aliphatic rings. The lowest BCUT2D eigenvalue weighted by molar-refractivity contribution is 0.412. The van der Waals surface area contributed by atoms with E-state index in [1.165, 1.54) is 4.57 Å². The van der Waals surface area contributed by atoms with Gasteiger partial charge in [0.25, 0.3) is 5.56 Å². The molecule has 152 valence electrons. The van der Waals surface area contributed by atoms with Crippen LogP contribution in [0.4, 0.5) is 11.5 Å². The third kappa shape index (κ3) is 5.32. The third-order valence-electron chi connectivity index (χ3n) is 4.93. The molecular formula is C18H32N6O2S. The van der Waals surface area contributed by atoms with E-state index in [1.807, 2.05) is 25.9 Å². The van der Waals surface area contributed by atoms with Gasteiger partial charge in [-0.05, 0) is 45.6 Å². The van der Waals surface area contributed by atoms with Crippen molar-refractivity contribution >= 4 is 28.8 Å². The second-order valence-electron chi connectivity index (χ2n) is 7.34. The van der Waals surface area contributed by atoms with Crippen molar-refractivity contribution in [1.29, 1.82) is 0 Å². The van der Waals surface area contributed by atoms with Crippen molar-refractivity contribution in [2.24, 2.45) is 0 Å². The summed E-state index contributed by atoms with van der Waals surface area (Å²) in [5.41, 5.74) is 5.66. The van der Waals surface area contributed by atoms with Gasteiger partial charge in [-0.2, -0.15) is 0 Å². The summed E-state index contributed by atoms with van der Waals surface area (Å²) in [4.78, 5) is 31.2. The highest BCUT2D eigenvalue weighted by Gasteiger charge is 2.30. The summed E-state index contributed by atoms with van der Waals surface area (Å²) in [7, 11) is 3.98. The third-order valence-corrected chi connectivity index (χ3v) is 5.28. The fourth-order valence-electron chi connectivity index (χ4n) is 3.43. The van der Waals surface area contributed by atoms with Gasteiger partial charge in [-0.15, -0.1) is 0 Å². The second kappa shape index (κ2) is 9.89. The maximum atomic E-state index is 12.7. The minimum atomic E-state index is -0.478. The van der Waals surface area contributed by atoms with Crippen molar-refractivity contribution in [2.75, 3.05) is 37.8 Å². The topological polar surface area (TPSA) is 99.4 Å². The van der Waals surface area contributed by atoms with Crippen LogP contribution in [0, 0.1) is 0 Å². The molecule has 1 aromatic heterocycles. The molecule has 0 amide bonds. The zero-order valence-corrected chi connectivity index (χ0v) is 17.4. The van der Waals surface area contributed by atoms with Crippen LogP contribution in [0.15, 0.2) is 9.59 Å². The number of nitrogens with zero attached hydrogens (tertiary/aromatic N) is 3. The Balaban J connectivity index is 2.41. The van der Waals surface area contributed by atoms with E-state index in [0.717, 1.165) is 45.1 Å². The Bertz CT molecular complexity index is 751. The van der Waals surface area contributed by atoms with E-state index in [1.54, 1.807) is 0 Å². The summed E-state index contributed by atoms with van der Waals surface area (Å²) in [6.45, 7) is 4.01. The summed E-state index contributed by atoms with van der Waals surface area (Å²) in [5, 5.41) is 3.73. The van der Waals surface area contributed by atoms with Crippen molar-refractivity contribution in [2.45, 2.75) is 58.0 Å². The lowest BCUT2D eigenvalue weighted by Gasteiger charge is -2.32. The largest absolute Gasteiger partial charge is 0.383 e. The van der Waals surface area contributed by atoms with Crippen molar-refractivity contribution in [3.05, 3.63) is 20.8 Å². The summed E-state index contributed by atoms with van der Waals surface area (Å²) in [6, 6.07) is 0.116. The van der Waals surface area contributed by atoms with E-state index in [9.17, 15) is 9.59 Å². The smallest absolute Gasteiger partial charge is 0.330 e. The van der Waals surface area contributed by atoms with Gasteiger partial charge >= 0.3 is 5.69 Å². The molecule has 0 atom stereocenters. The molecule has 1 fully saturated rings. The number of nitrogens with one attached hydrogen (secondary N) is 2. The Morgan fingerprint density at radius 2 is 2.00 bits per heavy atom. The minimum absolute atomic E-state index is 0.116. The SMILES string of the molecule is CCCCn1c(N)c(N(C(=S)NCCN(C)C)C2CCCC2)c(=O)[nH]c1=O. The van der Waals surface area contributed by atoms with Crippen LogP contribution >= 0.6 is 12.2 Å². The average Bonchev–Trinajstić information content (AvgIpc) is 3.11. The predicted octanol–water partition coefficient (Wildman–Crippen LogP) is 1.10. The molecule has 2 rings (SSSR count). The van der Waals surface area contributed by atoms with Gasteiger partial charge in [0.05, 0.1) is 0 Å². The molecule has 0 radical (unpaired) electrons. The van der Waals surface area contributed by atoms with Gasteiger partial charge < -0.3 is 20.9 Å². The van der Waals surface area contributed by atoms with E-state index in [-0.39, 0.29) is 11.9 Å². The Morgan fingerprint density at radius 1 is 1.33 bits per heavy atom. The first-order chi connectivity index (χ1) is 12.9. The molecule has 4 N–H and O–H groups in total. The van der Waals surface area contributed by atoms with E-state index in [4.69, 9.17) is 18.0 Å². The molecule has 1 heterocycles. The number of hydrogen-bond acceptors (Lipinski definition) is 5. The lowest BCUT2D eigenvalue weighted by Crippen LogP contribution is -2.50. The van der Waals surface area contributed by atoms with Gasteiger partial charge in [0.1, 0.15) is 5.82 Å². The Kier molecular flexibility index (Phi) is 7.85. The van der Waals surface area contributed by atoms with Gasteiger partial charge in [-0.1, -0.05) is 26.2 Å². The highest BCUT2D eigenvalue weighted by atomic mass is 32.1. The highest BCUT2D eigenvalue weighted by molar-refractivity contribution is 7.80. The lowest BCUT2D eigenvalue weighted by atomic mass is 10.2. The van der Waals surface area contributed by atoms with E-state index in [2.05, 4.69) is 15.2 Å². The number of aromatic amines is 1. The summed E-state index contributed by atoms with van der Waals surface area (Å²) < 4.78 is 1.45. The molecule has 1 saturated carbocycles. The van der Waals surface area contributed by atoms with Crippen LogP contribution < -0.4 is 27.2 Å². The molecule has 1 aromatic rings. The van der Waals surface area contributed by atoms with Crippen LogP contribution in [0.2, 0.25) is 0 Å². The molecule has 0 spiro atoms. The van der Waals surface area contributed by atoms with Crippen LogP contribution in [-0.2, 0) is 6.54 Å². The van der Waals surface area contributed by atoms with Crippen LogP contribution in [0.25, 0.3) is 0 Å². The number of H-pyrrole nitrogens is 1. The maximum Gasteiger partial charge on any atom is 0.330 e. The Labute approximate surface area is 165 Å². The molecule has 0 aromatic carbocycles. The average molecular weight is 397 g/mol. The van der Waals surface area contributed by atoms with Gasteiger partial charge in [0.15, 0.2) is 10.8 Å². The Hall–Kier alpha value is -1.87. The number of nitrogens with two attached hydrogens (primary N) is 1. The quantitative estimate of drug-likeness (QED) is 0.566. The van der Waals surface area contributed by atoms with Crippen molar-refractivity contribution in [1.82, 2.24) is 19.8 Å². The fourth-order valence-corrected chi connectivity index (χ4v) is 3.77. The van der Waals surface area contributed by atoms with E-state index in [0.29, 0.717) is 23.9 Å². The molecule has 0 aliphatic heterocycles. The number of likely N-dealkylation sites (N-methyl/N-ethyl adjacent to an activating group) is 1. The molecule has 27 heavy (non-hydrogen) atoms. The zero-order valence-electron chi connectivity index (χ0n) is 16.6. The summed E-state index contributed by atoms with van der Waals surface area (Å²) >= 11 is 5.63. The van der Waals surface area contributed by atoms with Crippen molar-refractivity contribution in [3.63, 3.8) is 0 Å². The number of thiocarbonyl (C=S) groups is 1. The number of aromatic nitrogens is 2. The first kappa shape index (κ1) is 21.4. The van der Waals surface area contributed by atoms with Crippen LogP contribution in [0.3, 0.4) is 0 Å². The van der Waals surface area contributed by atoms with Gasteiger partial charge in [0, 0.05) is 25.7 Å². The Morgan fingerprint density at radius 3 is 2.59 bits per heavy atom. The molecule has 0 bridgehead atoms. The predicted molar refractivity (Wildman–Crippen MR) is 115 cm³/mol. The summed E-state index contributed by atoms with van der Waals surface area (Å²) in [5.74, 6) is 0.195. The molecule has 9 heteroatoms. The van der Waals surface area contributed by atoms with Gasteiger partial charge in [0.2, 0.25) is 0 Å². The molecule has 0 unspecified atom stereocenters. The van der Waals surface area contributed by atoms with Crippen LogP contribution in [0.1, 0.15) is 45.4 Å².